The lowest BCUT2D eigenvalue weighted by atomic mass is 9.97. The number of hydrogen-bond acceptors (Lipinski definition) is 5. The lowest BCUT2D eigenvalue weighted by molar-refractivity contribution is -0.384. The van der Waals surface area contributed by atoms with Crippen LogP contribution < -0.4 is 5.32 Å². The van der Waals surface area contributed by atoms with Crippen molar-refractivity contribution in [2.75, 3.05) is 20.1 Å². The minimum absolute atomic E-state index is 0.156. The summed E-state index contributed by atoms with van der Waals surface area (Å²) in [5.41, 5.74) is 0.812. The van der Waals surface area contributed by atoms with E-state index in [9.17, 15) is 23.3 Å². The van der Waals surface area contributed by atoms with Gasteiger partial charge in [-0.2, -0.15) is 4.31 Å². The Kier molecular flexibility index (Phi) is 7.34. The molecule has 0 heterocycles. The predicted octanol–water partition coefficient (Wildman–Crippen LogP) is 2.88. The largest absolute Gasteiger partial charge is 0.355 e. The average molecular weight is 416 g/mol. The summed E-state index contributed by atoms with van der Waals surface area (Å²) in [5.74, 6) is -0.430. The monoisotopic (exact) mass is 415 g/mol. The number of halogens is 1. The molecule has 2 rings (SSSR count). The molecule has 1 N–H and O–H groups in total. The summed E-state index contributed by atoms with van der Waals surface area (Å²) in [7, 11) is -2.81. The van der Waals surface area contributed by atoms with Gasteiger partial charge in [0.15, 0.2) is 0 Å². The number of nitrogens with one attached hydrogen (secondary N) is 1. The Morgan fingerprint density at radius 2 is 2.11 bits per heavy atom. The molecule has 10 heteroatoms. The van der Waals surface area contributed by atoms with Crippen molar-refractivity contribution < 1.29 is 18.1 Å². The number of amides is 1. The number of nitro groups is 1. The fourth-order valence-corrected chi connectivity index (χ4v) is 4.14. The fourth-order valence-electron chi connectivity index (χ4n) is 2.81. The quantitative estimate of drug-likeness (QED) is 0.398. The van der Waals surface area contributed by atoms with Gasteiger partial charge in [-0.1, -0.05) is 23.3 Å². The van der Waals surface area contributed by atoms with Crippen molar-refractivity contribution in [1.82, 2.24) is 9.62 Å². The highest BCUT2D eigenvalue weighted by Gasteiger charge is 2.26. The molecule has 1 amide bonds. The molecule has 0 atom stereocenters. The van der Waals surface area contributed by atoms with Crippen LogP contribution in [0.25, 0.3) is 0 Å². The van der Waals surface area contributed by atoms with Gasteiger partial charge in [0.25, 0.3) is 5.69 Å². The third-order valence-corrected chi connectivity index (χ3v) is 6.46. The third-order valence-electron chi connectivity index (χ3n) is 4.34. The van der Waals surface area contributed by atoms with Crippen molar-refractivity contribution in [2.45, 2.75) is 37.0 Å². The van der Waals surface area contributed by atoms with Crippen LogP contribution in [0.2, 0.25) is 5.02 Å². The van der Waals surface area contributed by atoms with E-state index in [1.54, 1.807) is 0 Å². The van der Waals surface area contributed by atoms with E-state index >= 15 is 0 Å². The van der Waals surface area contributed by atoms with E-state index in [0.29, 0.717) is 6.54 Å². The number of carbonyl (C=O) groups is 1. The standard InChI is InChI=1S/C17H22ClN3O5S/c1-20(12-17(22)19-10-9-13-5-3-2-4-6-13)27(25,26)14-7-8-15(18)16(11-14)21(23)24/h5,7-8,11H,2-4,6,9-10,12H2,1H3,(H,19,22). The van der Waals surface area contributed by atoms with Crippen LogP contribution >= 0.6 is 11.6 Å². The summed E-state index contributed by atoms with van der Waals surface area (Å²) in [5, 5.41) is 13.5. The van der Waals surface area contributed by atoms with Gasteiger partial charge in [-0.25, -0.2) is 8.42 Å². The maximum Gasteiger partial charge on any atom is 0.289 e. The second-order valence-corrected chi connectivity index (χ2v) is 8.79. The molecule has 0 unspecified atom stereocenters. The van der Waals surface area contributed by atoms with E-state index in [0.717, 1.165) is 42.1 Å². The maximum atomic E-state index is 12.5. The summed E-state index contributed by atoms with van der Waals surface area (Å²) in [4.78, 5) is 21.9. The highest BCUT2D eigenvalue weighted by molar-refractivity contribution is 7.89. The van der Waals surface area contributed by atoms with Gasteiger partial charge in [-0.15, -0.1) is 0 Å². The van der Waals surface area contributed by atoms with E-state index in [-0.39, 0.29) is 16.5 Å². The fraction of sp³-hybridized carbons (Fsp3) is 0.471. The van der Waals surface area contributed by atoms with Crippen LogP contribution in [0.3, 0.4) is 0 Å². The Labute approximate surface area is 163 Å². The molecular formula is C17H22ClN3O5S. The van der Waals surface area contributed by atoms with E-state index in [1.807, 2.05) is 0 Å². The molecule has 0 saturated heterocycles. The first kappa shape index (κ1) is 21.3. The first-order valence-corrected chi connectivity index (χ1v) is 10.4. The zero-order chi connectivity index (χ0) is 20.0. The number of likely N-dealkylation sites (N-methyl/N-ethyl adjacent to an activating group) is 1. The maximum absolute atomic E-state index is 12.5. The molecule has 0 fully saturated rings. The van der Waals surface area contributed by atoms with Gasteiger partial charge in [0.1, 0.15) is 5.02 Å². The average Bonchev–Trinajstić information content (AvgIpc) is 2.62. The molecular weight excluding hydrogens is 394 g/mol. The first-order chi connectivity index (χ1) is 12.7. The molecule has 1 aromatic rings. The van der Waals surface area contributed by atoms with Gasteiger partial charge >= 0.3 is 0 Å². The summed E-state index contributed by atoms with van der Waals surface area (Å²) < 4.78 is 25.9. The van der Waals surface area contributed by atoms with E-state index in [2.05, 4.69) is 11.4 Å². The second kappa shape index (κ2) is 9.29. The number of carbonyl (C=O) groups excluding carboxylic acids is 1. The van der Waals surface area contributed by atoms with E-state index in [4.69, 9.17) is 11.6 Å². The van der Waals surface area contributed by atoms with Crippen LogP contribution in [-0.2, 0) is 14.8 Å². The normalized spacial score (nSPS) is 14.7. The molecule has 0 aromatic heterocycles. The van der Waals surface area contributed by atoms with Gasteiger partial charge in [-0.3, -0.25) is 14.9 Å². The Hall–Kier alpha value is -1.97. The zero-order valence-corrected chi connectivity index (χ0v) is 16.6. The number of sulfonamides is 1. The van der Waals surface area contributed by atoms with Gasteiger partial charge in [0, 0.05) is 19.7 Å². The molecule has 0 spiro atoms. The molecule has 0 saturated carbocycles. The summed E-state index contributed by atoms with van der Waals surface area (Å²) >= 11 is 5.71. The molecule has 1 aliphatic rings. The smallest absolute Gasteiger partial charge is 0.289 e. The minimum Gasteiger partial charge on any atom is -0.355 e. The Balaban J connectivity index is 1.96. The van der Waals surface area contributed by atoms with Crippen LogP contribution in [-0.4, -0.2) is 43.7 Å². The number of allylic oxidation sites excluding steroid dienone is 1. The lowest BCUT2D eigenvalue weighted by Gasteiger charge is -2.17. The van der Waals surface area contributed by atoms with Crippen LogP contribution in [0.4, 0.5) is 5.69 Å². The number of hydrogen-bond donors (Lipinski definition) is 1. The van der Waals surface area contributed by atoms with Crippen LogP contribution in [0.15, 0.2) is 34.7 Å². The predicted molar refractivity (Wildman–Crippen MR) is 102 cm³/mol. The molecule has 148 valence electrons. The number of nitrogens with zero attached hydrogens (tertiary/aromatic N) is 2. The summed E-state index contributed by atoms with van der Waals surface area (Å²) in [6.07, 6.45) is 7.41. The van der Waals surface area contributed by atoms with Crippen LogP contribution in [0, 0.1) is 10.1 Å². The minimum atomic E-state index is -4.05. The molecule has 1 aliphatic carbocycles. The van der Waals surface area contributed by atoms with Crippen molar-refractivity contribution in [2.24, 2.45) is 0 Å². The SMILES string of the molecule is CN(CC(=O)NCCC1=CCCCC1)S(=O)(=O)c1ccc(Cl)c([N+](=O)[O-])c1. The summed E-state index contributed by atoms with van der Waals surface area (Å²) in [6.45, 7) is 0.0722. The number of rotatable bonds is 8. The molecule has 27 heavy (non-hydrogen) atoms. The molecule has 1 aromatic carbocycles. The number of benzene rings is 1. The molecule has 0 radical (unpaired) electrons. The Morgan fingerprint density at radius 1 is 1.37 bits per heavy atom. The van der Waals surface area contributed by atoms with Crippen molar-refractivity contribution in [1.29, 1.82) is 0 Å². The second-order valence-electron chi connectivity index (χ2n) is 6.34. The van der Waals surface area contributed by atoms with Crippen molar-refractivity contribution in [3.05, 3.63) is 45.0 Å². The highest BCUT2D eigenvalue weighted by atomic mass is 35.5. The van der Waals surface area contributed by atoms with Gasteiger partial charge < -0.3 is 5.32 Å². The lowest BCUT2D eigenvalue weighted by Crippen LogP contribution is -2.38. The topological polar surface area (TPSA) is 110 Å². The van der Waals surface area contributed by atoms with Crippen molar-refractivity contribution in [3.8, 4) is 0 Å². The van der Waals surface area contributed by atoms with E-state index in [1.165, 1.54) is 25.1 Å². The van der Waals surface area contributed by atoms with Crippen LogP contribution in [0.5, 0.6) is 0 Å². The summed E-state index contributed by atoms with van der Waals surface area (Å²) in [6, 6.07) is 3.22. The Bertz CT molecular complexity index is 854. The molecule has 0 aliphatic heterocycles. The molecule has 0 bridgehead atoms. The zero-order valence-electron chi connectivity index (χ0n) is 15.0. The van der Waals surface area contributed by atoms with E-state index < -0.39 is 26.5 Å². The van der Waals surface area contributed by atoms with Crippen molar-refractivity contribution >= 4 is 33.2 Å². The number of nitro benzene ring substituents is 1. The third kappa shape index (κ3) is 5.75. The highest BCUT2D eigenvalue weighted by Crippen LogP contribution is 2.28. The molecule has 8 nitrogen and oxygen atoms in total. The first-order valence-electron chi connectivity index (χ1n) is 8.56. The Morgan fingerprint density at radius 3 is 2.74 bits per heavy atom. The van der Waals surface area contributed by atoms with Crippen molar-refractivity contribution in [3.63, 3.8) is 0 Å². The van der Waals surface area contributed by atoms with Gasteiger partial charge in [0.2, 0.25) is 15.9 Å². The van der Waals surface area contributed by atoms with Gasteiger partial charge in [-0.05, 0) is 44.2 Å². The van der Waals surface area contributed by atoms with Crippen LogP contribution in [0.1, 0.15) is 32.1 Å². The van der Waals surface area contributed by atoms with Gasteiger partial charge in [0.05, 0.1) is 16.4 Å².